The Kier molecular flexibility index (Phi) is 3.91. The number of hydrogen-bond donors (Lipinski definition) is 2. The van der Waals surface area contributed by atoms with E-state index in [4.69, 9.17) is 5.84 Å². The van der Waals surface area contributed by atoms with Crippen molar-refractivity contribution in [1.29, 1.82) is 0 Å². The summed E-state index contributed by atoms with van der Waals surface area (Å²) >= 11 is 0. The van der Waals surface area contributed by atoms with Gasteiger partial charge in [0, 0.05) is 18.5 Å². The van der Waals surface area contributed by atoms with Crippen molar-refractivity contribution in [2.24, 2.45) is 5.84 Å². The SMILES string of the molecule is NNC(Cc1ccc(F)cc1F)c1cnccn1. The third-order valence-electron chi connectivity index (χ3n) is 2.58. The monoisotopic (exact) mass is 250 g/mol. The molecule has 94 valence electrons. The molecule has 18 heavy (non-hydrogen) atoms. The Labute approximate surface area is 103 Å². The quantitative estimate of drug-likeness (QED) is 0.637. The highest BCUT2D eigenvalue weighted by Crippen LogP contribution is 2.18. The van der Waals surface area contributed by atoms with Crippen LogP contribution in [0.3, 0.4) is 0 Å². The molecule has 0 bridgehead atoms. The molecule has 1 aromatic carbocycles. The van der Waals surface area contributed by atoms with Crippen LogP contribution in [0, 0.1) is 11.6 Å². The minimum atomic E-state index is -0.604. The molecular formula is C12H12F2N4. The normalized spacial score (nSPS) is 12.4. The minimum absolute atomic E-state index is 0.265. The highest BCUT2D eigenvalue weighted by atomic mass is 19.1. The van der Waals surface area contributed by atoms with Gasteiger partial charge in [0.25, 0.3) is 0 Å². The Hall–Kier alpha value is -1.92. The van der Waals surface area contributed by atoms with E-state index in [2.05, 4.69) is 15.4 Å². The molecule has 1 unspecified atom stereocenters. The van der Waals surface area contributed by atoms with Gasteiger partial charge in [-0.25, -0.2) is 8.78 Å². The van der Waals surface area contributed by atoms with Crippen LogP contribution < -0.4 is 11.3 Å². The van der Waals surface area contributed by atoms with Crippen LogP contribution in [0.2, 0.25) is 0 Å². The zero-order valence-corrected chi connectivity index (χ0v) is 9.48. The van der Waals surface area contributed by atoms with Gasteiger partial charge in [-0.05, 0) is 18.1 Å². The van der Waals surface area contributed by atoms with Gasteiger partial charge < -0.3 is 0 Å². The van der Waals surface area contributed by atoms with E-state index >= 15 is 0 Å². The lowest BCUT2D eigenvalue weighted by Gasteiger charge is -2.15. The number of nitrogens with zero attached hydrogens (tertiary/aromatic N) is 2. The standard InChI is InChI=1S/C12H12F2N4/c13-9-2-1-8(10(14)6-9)5-11(18-15)12-7-16-3-4-17-12/h1-4,6-7,11,18H,5,15H2. The zero-order valence-electron chi connectivity index (χ0n) is 9.48. The maximum atomic E-state index is 13.5. The Balaban J connectivity index is 2.21. The number of nitrogens with two attached hydrogens (primary N) is 1. The van der Waals surface area contributed by atoms with Gasteiger partial charge in [0.1, 0.15) is 11.6 Å². The van der Waals surface area contributed by atoms with Gasteiger partial charge in [-0.3, -0.25) is 21.2 Å². The van der Waals surface area contributed by atoms with E-state index < -0.39 is 11.6 Å². The number of hydrogen-bond acceptors (Lipinski definition) is 4. The Morgan fingerprint density at radius 2 is 2.11 bits per heavy atom. The molecule has 0 fully saturated rings. The first kappa shape index (κ1) is 12.5. The number of aromatic nitrogens is 2. The van der Waals surface area contributed by atoms with Crippen molar-refractivity contribution in [3.05, 3.63) is 59.7 Å². The first-order valence-corrected chi connectivity index (χ1v) is 5.36. The van der Waals surface area contributed by atoms with E-state index in [1.54, 1.807) is 6.20 Å². The van der Waals surface area contributed by atoms with E-state index in [0.29, 0.717) is 11.3 Å². The van der Waals surface area contributed by atoms with Crippen LogP contribution in [-0.4, -0.2) is 9.97 Å². The summed E-state index contributed by atoms with van der Waals surface area (Å²) in [5, 5.41) is 0. The van der Waals surface area contributed by atoms with Crippen molar-refractivity contribution in [3.8, 4) is 0 Å². The van der Waals surface area contributed by atoms with Crippen LogP contribution >= 0.6 is 0 Å². The predicted molar refractivity (Wildman–Crippen MR) is 62.2 cm³/mol. The average molecular weight is 250 g/mol. The van der Waals surface area contributed by atoms with Gasteiger partial charge in [0.15, 0.2) is 0 Å². The summed E-state index contributed by atoms with van der Waals surface area (Å²) in [7, 11) is 0. The molecule has 0 amide bonds. The topological polar surface area (TPSA) is 63.8 Å². The molecule has 3 N–H and O–H groups in total. The highest BCUT2D eigenvalue weighted by Gasteiger charge is 2.14. The van der Waals surface area contributed by atoms with Crippen LogP contribution in [0.15, 0.2) is 36.8 Å². The largest absolute Gasteiger partial charge is 0.271 e. The van der Waals surface area contributed by atoms with Crippen LogP contribution in [-0.2, 0) is 6.42 Å². The lowest BCUT2D eigenvalue weighted by Crippen LogP contribution is -2.30. The summed E-state index contributed by atoms with van der Waals surface area (Å²) in [4.78, 5) is 8.01. The van der Waals surface area contributed by atoms with E-state index in [-0.39, 0.29) is 12.5 Å². The molecule has 1 aromatic heterocycles. The van der Waals surface area contributed by atoms with E-state index in [1.807, 2.05) is 0 Å². The molecule has 6 heteroatoms. The molecule has 0 radical (unpaired) electrons. The fraction of sp³-hybridized carbons (Fsp3) is 0.167. The van der Waals surface area contributed by atoms with E-state index in [0.717, 1.165) is 6.07 Å². The third-order valence-corrected chi connectivity index (χ3v) is 2.58. The molecule has 1 atom stereocenters. The van der Waals surface area contributed by atoms with Gasteiger partial charge in [-0.15, -0.1) is 0 Å². The van der Waals surface area contributed by atoms with Crippen molar-refractivity contribution in [1.82, 2.24) is 15.4 Å². The first-order valence-electron chi connectivity index (χ1n) is 5.36. The molecule has 0 saturated heterocycles. The highest BCUT2D eigenvalue weighted by molar-refractivity contribution is 5.21. The summed E-state index contributed by atoms with van der Waals surface area (Å²) < 4.78 is 26.3. The molecule has 0 aliphatic carbocycles. The maximum Gasteiger partial charge on any atom is 0.129 e. The fourth-order valence-electron chi connectivity index (χ4n) is 1.65. The van der Waals surface area contributed by atoms with Crippen LogP contribution in [0.4, 0.5) is 8.78 Å². The second-order valence-electron chi connectivity index (χ2n) is 3.79. The number of rotatable bonds is 4. The Morgan fingerprint density at radius 3 is 2.72 bits per heavy atom. The van der Waals surface area contributed by atoms with Crippen molar-refractivity contribution >= 4 is 0 Å². The molecule has 1 heterocycles. The second kappa shape index (κ2) is 5.61. The van der Waals surface area contributed by atoms with E-state index in [9.17, 15) is 8.78 Å². The fourth-order valence-corrected chi connectivity index (χ4v) is 1.65. The zero-order chi connectivity index (χ0) is 13.0. The number of halogens is 2. The van der Waals surface area contributed by atoms with Gasteiger partial charge >= 0.3 is 0 Å². The summed E-state index contributed by atoms with van der Waals surface area (Å²) in [6.07, 6.45) is 4.88. The molecule has 0 aliphatic rings. The third kappa shape index (κ3) is 2.85. The van der Waals surface area contributed by atoms with Crippen molar-refractivity contribution < 1.29 is 8.78 Å². The molecule has 2 rings (SSSR count). The van der Waals surface area contributed by atoms with Crippen LogP contribution in [0.25, 0.3) is 0 Å². The first-order chi connectivity index (χ1) is 8.70. The Morgan fingerprint density at radius 1 is 1.28 bits per heavy atom. The minimum Gasteiger partial charge on any atom is -0.271 e. The number of benzene rings is 1. The average Bonchev–Trinajstić information content (AvgIpc) is 2.39. The molecule has 0 aliphatic heterocycles. The van der Waals surface area contributed by atoms with Gasteiger partial charge in [0.2, 0.25) is 0 Å². The lowest BCUT2D eigenvalue weighted by molar-refractivity contribution is 0.512. The lowest BCUT2D eigenvalue weighted by atomic mass is 10.0. The second-order valence-corrected chi connectivity index (χ2v) is 3.79. The Bertz CT molecular complexity index is 519. The molecule has 0 saturated carbocycles. The van der Waals surface area contributed by atoms with Crippen molar-refractivity contribution in [2.45, 2.75) is 12.5 Å². The van der Waals surface area contributed by atoms with Gasteiger partial charge in [0.05, 0.1) is 17.9 Å². The summed E-state index contributed by atoms with van der Waals surface area (Å²) in [5.41, 5.74) is 3.51. The van der Waals surface area contributed by atoms with Gasteiger partial charge in [-0.1, -0.05) is 6.07 Å². The van der Waals surface area contributed by atoms with Crippen molar-refractivity contribution in [2.75, 3.05) is 0 Å². The number of nitrogens with one attached hydrogen (secondary N) is 1. The van der Waals surface area contributed by atoms with Crippen LogP contribution in [0.1, 0.15) is 17.3 Å². The number of hydrazine groups is 1. The van der Waals surface area contributed by atoms with Crippen molar-refractivity contribution in [3.63, 3.8) is 0 Å². The summed E-state index contributed by atoms with van der Waals surface area (Å²) in [6.45, 7) is 0. The van der Waals surface area contributed by atoms with Gasteiger partial charge in [-0.2, -0.15) is 0 Å². The molecular weight excluding hydrogens is 238 g/mol. The summed E-state index contributed by atoms with van der Waals surface area (Å²) in [5.74, 6) is 4.22. The maximum absolute atomic E-state index is 13.5. The summed E-state index contributed by atoms with van der Waals surface area (Å²) in [6, 6.07) is 3.08. The molecule has 0 spiro atoms. The molecule has 4 nitrogen and oxygen atoms in total. The van der Waals surface area contributed by atoms with Crippen LogP contribution in [0.5, 0.6) is 0 Å². The smallest absolute Gasteiger partial charge is 0.129 e. The molecule has 2 aromatic rings. The van der Waals surface area contributed by atoms with E-state index in [1.165, 1.54) is 24.5 Å². The predicted octanol–water partition coefficient (Wildman–Crippen LogP) is 1.50.